The Hall–Kier alpha value is -1.79. The normalized spacial score (nSPS) is 10.4. The molecule has 0 spiro atoms. The first-order valence-electron chi connectivity index (χ1n) is 6.01. The number of rotatable bonds is 3. The van der Waals surface area contributed by atoms with Crippen molar-refractivity contribution < 1.29 is 9.90 Å². The molecule has 2 N–H and O–H groups in total. The summed E-state index contributed by atoms with van der Waals surface area (Å²) in [6.07, 6.45) is 0.850. The number of carbonyl (C=O) groups excluding carboxylic acids is 1. The van der Waals surface area contributed by atoms with Crippen LogP contribution in [-0.2, 0) is 0 Å². The maximum Gasteiger partial charge on any atom is 0.252 e. The van der Waals surface area contributed by atoms with Crippen molar-refractivity contribution in [1.82, 2.24) is 5.32 Å². The molecular formula is C15H19NO2. The van der Waals surface area contributed by atoms with Gasteiger partial charge in [-0.15, -0.1) is 0 Å². The second kappa shape index (κ2) is 6.23. The molecular weight excluding hydrogens is 226 g/mol. The summed E-state index contributed by atoms with van der Waals surface area (Å²) in [5.74, 6) is 5.21. The molecule has 0 atom stereocenters. The highest BCUT2D eigenvalue weighted by atomic mass is 16.2. The average molecular weight is 245 g/mol. The lowest BCUT2D eigenvalue weighted by Gasteiger charge is -2.24. The molecule has 3 heteroatoms. The largest absolute Gasteiger partial charge is 0.384 e. The summed E-state index contributed by atoms with van der Waals surface area (Å²) >= 11 is 0. The maximum absolute atomic E-state index is 12.2. The van der Waals surface area contributed by atoms with E-state index in [-0.39, 0.29) is 18.1 Å². The molecule has 96 valence electrons. The van der Waals surface area contributed by atoms with Crippen LogP contribution in [0.1, 0.15) is 43.1 Å². The standard InChI is InChI=1S/C15H19NO2/c1-4-15(2,3)16-14(18)13-10-6-5-8-12(13)9-7-11-17/h5-6,8,10,17H,4,11H2,1-3H3,(H,16,18). The number of nitrogens with one attached hydrogen (secondary N) is 1. The van der Waals surface area contributed by atoms with Gasteiger partial charge in [-0.25, -0.2) is 0 Å². The van der Waals surface area contributed by atoms with Crippen molar-refractivity contribution in [2.45, 2.75) is 32.7 Å². The molecule has 0 heterocycles. The Labute approximate surface area is 108 Å². The summed E-state index contributed by atoms with van der Waals surface area (Å²) in [5, 5.41) is 11.7. The highest BCUT2D eigenvalue weighted by molar-refractivity contribution is 5.97. The zero-order valence-electron chi connectivity index (χ0n) is 11.1. The van der Waals surface area contributed by atoms with Gasteiger partial charge in [-0.3, -0.25) is 4.79 Å². The Bertz CT molecular complexity index is 481. The first kappa shape index (κ1) is 14.3. The molecule has 0 aliphatic rings. The predicted molar refractivity (Wildman–Crippen MR) is 72.2 cm³/mol. The lowest BCUT2D eigenvalue weighted by atomic mass is 10.00. The summed E-state index contributed by atoms with van der Waals surface area (Å²) in [5.41, 5.74) is 0.935. The van der Waals surface area contributed by atoms with E-state index in [1.54, 1.807) is 18.2 Å². The zero-order chi connectivity index (χ0) is 13.6. The number of hydrogen-bond acceptors (Lipinski definition) is 2. The first-order valence-corrected chi connectivity index (χ1v) is 6.01. The Morgan fingerprint density at radius 2 is 2.06 bits per heavy atom. The van der Waals surface area contributed by atoms with Gasteiger partial charge in [-0.1, -0.05) is 30.9 Å². The van der Waals surface area contributed by atoms with Crippen LogP contribution in [0.25, 0.3) is 0 Å². The summed E-state index contributed by atoms with van der Waals surface area (Å²) in [6.45, 7) is 5.77. The van der Waals surface area contributed by atoms with Crippen LogP contribution in [0.15, 0.2) is 24.3 Å². The summed E-state index contributed by atoms with van der Waals surface area (Å²) in [7, 11) is 0. The minimum absolute atomic E-state index is 0.135. The molecule has 18 heavy (non-hydrogen) atoms. The van der Waals surface area contributed by atoms with Crippen LogP contribution in [0.5, 0.6) is 0 Å². The van der Waals surface area contributed by atoms with E-state index in [9.17, 15) is 4.79 Å². The van der Waals surface area contributed by atoms with Gasteiger partial charge in [-0.05, 0) is 32.4 Å². The molecule has 1 aromatic carbocycles. The molecule has 1 aromatic rings. The molecule has 1 rings (SSSR count). The number of hydrogen-bond donors (Lipinski definition) is 2. The van der Waals surface area contributed by atoms with Gasteiger partial charge in [0.2, 0.25) is 0 Å². The van der Waals surface area contributed by atoms with Gasteiger partial charge in [0.05, 0.1) is 5.56 Å². The van der Waals surface area contributed by atoms with Crippen LogP contribution in [-0.4, -0.2) is 23.2 Å². The third-order valence-corrected chi connectivity index (χ3v) is 2.81. The monoisotopic (exact) mass is 245 g/mol. The number of amides is 1. The molecule has 0 fully saturated rings. The fourth-order valence-corrected chi connectivity index (χ4v) is 1.39. The van der Waals surface area contributed by atoms with E-state index in [1.165, 1.54) is 0 Å². The van der Waals surface area contributed by atoms with Gasteiger partial charge in [0.15, 0.2) is 0 Å². The number of benzene rings is 1. The highest BCUT2D eigenvalue weighted by Gasteiger charge is 2.19. The number of aliphatic hydroxyl groups excluding tert-OH is 1. The topological polar surface area (TPSA) is 49.3 Å². The van der Waals surface area contributed by atoms with Crippen LogP contribution in [0, 0.1) is 11.8 Å². The van der Waals surface area contributed by atoms with Crippen molar-refractivity contribution in [3.8, 4) is 11.8 Å². The summed E-state index contributed by atoms with van der Waals surface area (Å²) < 4.78 is 0. The van der Waals surface area contributed by atoms with Crippen molar-refractivity contribution >= 4 is 5.91 Å². The maximum atomic E-state index is 12.2. The Morgan fingerprint density at radius 3 is 2.67 bits per heavy atom. The Morgan fingerprint density at radius 1 is 1.39 bits per heavy atom. The third kappa shape index (κ3) is 3.90. The molecule has 0 radical (unpaired) electrons. The second-order valence-corrected chi connectivity index (χ2v) is 4.70. The van der Waals surface area contributed by atoms with Crippen molar-refractivity contribution in [2.24, 2.45) is 0 Å². The quantitative estimate of drug-likeness (QED) is 0.800. The molecule has 0 aliphatic heterocycles. The SMILES string of the molecule is CCC(C)(C)NC(=O)c1ccccc1C#CCO. The predicted octanol–water partition coefficient (Wildman–Crippen LogP) is 1.95. The zero-order valence-corrected chi connectivity index (χ0v) is 11.1. The summed E-state index contributed by atoms with van der Waals surface area (Å²) in [6, 6.07) is 7.14. The van der Waals surface area contributed by atoms with E-state index in [0.29, 0.717) is 11.1 Å². The van der Waals surface area contributed by atoms with E-state index >= 15 is 0 Å². The first-order chi connectivity index (χ1) is 8.50. The molecule has 0 saturated heterocycles. The molecule has 0 aromatic heterocycles. The van der Waals surface area contributed by atoms with Crippen molar-refractivity contribution in [3.63, 3.8) is 0 Å². The molecule has 3 nitrogen and oxygen atoms in total. The average Bonchev–Trinajstić information content (AvgIpc) is 2.36. The second-order valence-electron chi connectivity index (χ2n) is 4.70. The lowest BCUT2D eigenvalue weighted by molar-refractivity contribution is 0.0911. The van der Waals surface area contributed by atoms with E-state index in [0.717, 1.165) is 6.42 Å². The van der Waals surface area contributed by atoms with Crippen LogP contribution in [0.2, 0.25) is 0 Å². The fraction of sp³-hybridized carbons (Fsp3) is 0.400. The lowest BCUT2D eigenvalue weighted by Crippen LogP contribution is -2.43. The third-order valence-electron chi connectivity index (χ3n) is 2.81. The summed E-state index contributed by atoms with van der Waals surface area (Å²) in [4.78, 5) is 12.2. The van der Waals surface area contributed by atoms with Crippen LogP contribution >= 0.6 is 0 Å². The number of carbonyl (C=O) groups is 1. The molecule has 1 amide bonds. The minimum atomic E-state index is -0.241. The van der Waals surface area contributed by atoms with Crippen molar-refractivity contribution in [2.75, 3.05) is 6.61 Å². The molecule has 0 unspecified atom stereocenters. The van der Waals surface area contributed by atoms with Crippen LogP contribution < -0.4 is 5.32 Å². The smallest absolute Gasteiger partial charge is 0.252 e. The van der Waals surface area contributed by atoms with E-state index in [1.807, 2.05) is 26.8 Å². The molecule has 0 aliphatic carbocycles. The van der Waals surface area contributed by atoms with Crippen LogP contribution in [0.4, 0.5) is 0 Å². The Balaban J connectivity index is 2.99. The Kier molecular flexibility index (Phi) is 4.94. The van der Waals surface area contributed by atoms with Gasteiger partial charge in [0, 0.05) is 11.1 Å². The van der Waals surface area contributed by atoms with Gasteiger partial charge < -0.3 is 10.4 Å². The number of aliphatic hydroxyl groups is 1. The van der Waals surface area contributed by atoms with E-state index in [4.69, 9.17) is 5.11 Å². The van der Waals surface area contributed by atoms with Gasteiger partial charge >= 0.3 is 0 Å². The van der Waals surface area contributed by atoms with Gasteiger partial charge in [0.25, 0.3) is 5.91 Å². The van der Waals surface area contributed by atoms with Crippen molar-refractivity contribution in [3.05, 3.63) is 35.4 Å². The van der Waals surface area contributed by atoms with Gasteiger partial charge in [0.1, 0.15) is 6.61 Å². The van der Waals surface area contributed by atoms with E-state index < -0.39 is 0 Å². The minimum Gasteiger partial charge on any atom is -0.384 e. The highest BCUT2D eigenvalue weighted by Crippen LogP contribution is 2.12. The fourth-order valence-electron chi connectivity index (χ4n) is 1.39. The van der Waals surface area contributed by atoms with E-state index in [2.05, 4.69) is 17.2 Å². The molecule has 0 saturated carbocycles. The van der Waals surface area contributed by atoms with Crippen LogP contribution in [0.3, 0.4) is 0 Å². The van der Waals surface area contributed by atoms with Crippen molar-refractivity contribution in [1.29, 1.82) is 0 Å². The van der Waals surface area contributed by atoms with Gasteiger partial charge in [-0.2, -0.15) is 0 Å². The molecule has 0 bridgehead atoms.